The topological polar surface area (TPSA) is 12.0 Å². The molecule has 16 heavy (non-hydrogen) atoms. The van der Waals surface area contributed by atoms with Crippen LogP contribution >= 0.6 is 0 Å². The molecule has 1 nitrogen and oxygen atoms in total. The molecule has 0 heterocycles. The van der Waals surface area contributed by atoms with Gasteiger partial charge in [0.2, 0.25) is 0 Å². The van der Waals surface area contributed by atoms with Gasteiger partial charge in [-0.05, 0) is 18.4 Å². The Morgan fingerprint density at radius 3 is 2.44 bits per heavy atom. The summed E-state index contributed by atoms with van der Waals surface area (Å²) in [6, 6.07) is 10.5. The van der Waals surface area contributed by atoms with Crippen LogP contribution < -0.4 is 5.32 Å². The Bertz CT molecular complexity index is 355. The summed E-state index contributed by atoms with van der Waals surface area (Å²) in [6.45, 7) is 0.880. The smallest absolute Gasteiger partial charge is 0.0800 e. The maximum Gasteiger partial charge on any atom is 0.0800 e. The van der Waals surface area contributed by atoms with E-state index in [4.69, 9.17) is 6.42 Å². The maximum absolute atomic E-state index is 5.69. The van der Waals surface area contributed by atoms with Crippen molar-refractivity contribution in [2.75, 3.05) is 0 Å². The van der Waals surface area contributed by atoms with Crippen molar-refractivity contribution in [3.8, 4) is 12.3 Å². The van der Waals surface area contributed by atoms with Gasteiger partial charge in [0, 0.05) is 6.54 Å². The number of nitrogens with one attached hydrogen (secondary N) is 1. The van der Waals surface area contributed by atoms with Crippen LogP contribution in [0, 0.1) is 12.3 Å². The Morgan fingerprint density at radius 1 is 1.12 bits per heavy atom. The van der Waals surface area contributed by atoms with E-state index in [0.717, 1.165) is 19.4 Å². The zero-order chi connectivity index (χ0) is 11.3. The zero-order valence-corrected chi connectivity index (χ0v) is 9.71. The van der Waals surface area contributed by atoms with E-state index in [9.17, 15) is 0 Å². The fraction of sp³-hybridized carbons (Fsp3) is 0.467. The molecule has 1 aliphatic rings. The maximum atomic E-state index is 5.69. The highest BCUT2D eigenvalue weighted by Crippen LogP contribution is 2.27. The Labute approximate surface area is 98.3 Å². The molecule has 0 unspecified atom stereocenters. The van der Waals surface area contributed by atoms with Crippen molar-refractivity contribution in [2.24, 2.45) is 0 Å². The molecular formula is C15H19N. The van der Waals surface area contributed by atoms with Gasteiger partial charge in [-0.3, -0.25) is 5.32 Å². The molecule has 0 amide bonds. The van der Waals surface area contributed by atoms with Crippen LogP contribution in [0.15, 0.2) is 30.3 Å². The van der Waals surface area contributed by atoms with Gasteiger partial charge in [0.15, 0.2) is 0 Å². The summed E-state index contributed by atoms with van der Waals surface area (Å²) >= 11 is 0. The van der Waals surface area contributed by atoms with Crippen LogP contribution in [0.2, 0.25) is 0 Å². The minimum atomic E-state index is -0.0475. The Hall–Kier alpha value is -1.26. The van der Waals surface area contributed by atoms with Crippen LogP contribution in [0.3, 0.4) is 0 Å². The highest BCUT2D eigenvalue weighted by molar-refractivity contribution is 5.18. The lowest BCUT2D eigenvalue weighted by Gasteiger charge is -2.33. The third-order valence-electron chi connectivity index (χ3n) is 3.46. The van der Waals surface area contributed by atoms with Crippen molar-refractivity contribution >= 4 is 0 Å². The summed E-state index contributed by atoms with van der Waals surface area (Å²) in [4.78, 5) is 0. The SMILES string of the molecule is C#CC1(NCc2ccccc2)CCCCC1. The second-order valence-corrected chi connectivity index (χ2v) is 4.63. The van der Waals surface area contributed by atoms with E-state index in [1.54, 1.807) is 0 Å². The molecule has 0 aromatic heterocycles. The fourth-order valence-electron chi connectivity index (χ4n) is 2.39. The van der Waals surface area contributed by atoms with Crippen molar-refractivity contribution in [2.45, 2.75) is 44.2 Å². The lowest BCUT2D eigenvalue weighted by Crippen LogP contribution is -2.44. The van der Waals surface area contributed by atoms with E-state index in [1.807, 2.05) is 6.07 Å². The minimum absolute atomic E-state index is 0.0475. The molecule has 2 rings (SSSR count). The van der Waals surface area contributed by atoms with Gasteiger partial charge in [0.1, 0.15) is 0 Å². The second-order valence-electron chi connectivity index (χ2n) is 4.63. The molecule has 0 aliphatic heterocycles. The van der Waals surface area contributed by atoms with Gasteiger partial charge in [-0.15, -0.1) is 6.42 Å². The van der Waals surface area contributed by atoms with E-state index >= 15 is 0 Å². The first-order chi connectivity index (χ1) is 7.85. The first kappa shape index (κ1) is 11.2. The van der Waals surface area contributed by atoms with Crippen LogP contribution in [-0.2, 0) is 6.54 Å². The average Bonchev–Trinajstić information content (AvgIpc) is 2.39. The summed E-state index contributed by atoms with van der Waals surface area (Å²) in [5.74, 6) is 2.98. The third-order valence-corrected chi connectivity index (χ3v) is 3.46. The zero-order valence-electron chi connectivity index (χ0n) is 9.71. The number of rotatable bonds is 3. The molecule has 1 aliphatic carbocycles. The summed E-state index contributed by atoms with van der Waals surface area (Å²) < 4.78 is 0. The van der Waals surface area contributed by atoms with Crippen molar-refractivity contribution in [1.29, 1.82) is 0 Å². The molecule has 0 spiro atoms. The van der Waals surface area contributed by atoms with E-state index in [2.05, 4.69) is 35.5 Å². The Morgan fingerprint density at radius 2 is 1.81 bits per heavy atom. The second kappa shape index (κ2) is 5.18. The summed E-state index contributed by atoms with van der Waals surface area (Å²) in [6.07, 6.45) is 11.8. The van der Waals surface area contributed by atoms with Crippen LogP contribution in [0.25, 0.3) is 0 Å². The monoisotopic (exact) mass is 213 g/mol. The Balaban J connectivity index is 1.95. The van der Waals surface area contributed by atoms with Crippen molar-refractivity contribution in [3.63, 3.8) is 0 Å². The molecule has 0 radical (unpaired) electrons. The molecule has 1 aromatic rings. The molecule has 1 N–H and O–H groups in total. The molecular weight excluding hydrogens is 194 g/mol. The highest BCUT2D eigenvalue weighted by Gasteiger charge is 2.28. The van der Waals surface area contributed by atoms with Crippen LogP contribution in [0.1, 0.15) is 37.7 Å². The first-order valence-corrected chi connectivity index (χ1v) is 6.11. The van der Waals surface area contributed by atoms with Gasteiger partial charge in [-0.25, -0.2) is 0 Å². The number of terminal acetylenes is 1. The van der Waals surface area contributed by atoms with Gasteiger partial charge in [-0.2, -0.15) is 0 Å². The van der Waals surface area contributed by atoms with E-state index in [0.29, 0.717) is 0 Å². The van der Waals surface area contributed by atoms with Crippen LogP contribution in [-0.4, -0.2) is 5.54 Å². The normalized spacial score (nSPS) is 18.9. The standard InChI is InChI=1S/C15H19N/c1-2-15(11-7-4-8-12-15)16-13-14-9-5-3-6-10-14/h1,3,5-6,9-10,16H,4,7-8,11-13H2. The molecule has 84 valence electrons. The molecule has 0 saturated heterocycles. The molecule has 0 atom stereocenters. The molecule has 1 aromatic carbocycles. The lowest BCUT2D eigenvalue weighted by atomic mass is 9.82. The van der Waals surface area contributed by atoms with E-state index in [-0.39, 0.29) is 5.54 Å². The summed E-state index contributed by atoms with van der Waals surface area (Å²) in [5.41, 5.74) is 1.26. The van der Waals surface area contributed by atoms with Crippen LogP contribution in [0.5, 0.6) is 0 Å². The van der Waals surface area contributed by atoms with Gasteiger partial charge in [-0.1, -0.05) is 55.5 Å². The fourth-order valence-corrected chi connectivity index (χ4v) is 2.39. The predicted octanol–water partition coefficient (Wildman–Crippen LogP) is 3.11. The third kappa shape index (κ3) is 2.65. The van der Waals surface area contributed by atoms with Gasteiger partial charge < -0.3 is 0 Å². The van der Waals surface area contributed by atoms with Crippen molar-refractivity contribution < 1.29 is 0 Å². The van der Waals surface area contributed by atoms with Crippen LogP contribution in [0.4, 0.5) is 0 Å². The Kier molecular flexibility index (Phi) is 3.64. The van der Waals surface area contributed by atoms with Gasteiger partial charge in [0.05, 0.1) is 5.54 Å². The largest absolute Gasteiger partial charge is 0.297 e. The molecule has 1 heteroatoms. The van der Waals surface area contributed by atoms with E-state index < -0.39 is 0 Å². The summed E-state index contributed by atoms with van der Waals surface area (Å²) in [7, 11) is 0. The quantitative estimate of drug-likeness (QED) is 0.761. The molecule has 0 bridgehead atoms. The predicted molar refractivity (Wildman–Crippen MR) is 67.9 cm³/mol. The van der Waals surface area contributed by atoms with Gasteiger partial charge in [0.25, 0.3) is 0 Å². The number of hydrogen-bond acceptors (Lipinski definition) is 1. The number of hydrogen-bond donors (Lipinski definition) is 1. The van der Waals surface area contributed by atoms with E-state index in [1.165, 1.54) is 24.8 Å². The van der Waals surface area contributed by atoms with Crippen molar-refractivity contribution in [1.82, 2.24) is 5.32 Å². The summed E-state index contributed by atoms with van der Waals surface area (Å²) in [5, 5.41) is 3.56. The number of benzene rings is 1. The molecule has 1 fully saturated rings. The molecule has 1 saturated carbocycles. The van der Waals surface area contributed by atoms with Crippen molar-refractivity contribution in [3.05, 3.63) is 35.9 Å². The minimum Gasteiger partial charge on any atom is -0.297 e. The average molecular weight is 213 g/mol. The highest BCUT2D eigenvalue weighted by atomic mass is 15.0. The lowest BCUT2D eigenvalue weighted by molar-refractivity contribution is 0.299. The first-order valence-electron chi connectivity index (χ1n) is 6.11. The van der Waals surface area contributed by atoms with Gasteiger partial charge >= 0.3 is 0 Å².